The zero-order valence-electron chi connectivity index (χ0n) is 27.8. The van der Waals surface area contributed by atoms with Gasteiger partial charge in [-0.3, -0.25) is 4.79 Å². The minimum atomic E-state index is -4.78. The van der Waals surface area contributed by atoms with Crippen LogP contribution in [0.4, 0.5) is 38.0 Å². The van der Waals surface area contributed by atoms with E-state index in [1.54, 1.807) is 17.7 Å². The molecule has 0 unspecified atom stereocenters. The first-order valence-electron chi connectivity index (χ1n) is 16.2. The van der Waals surface area contributed by atoms with Gasteiger partial charge in [0.1, 0.15) is 24.2 Å². The number of rotatable bonds is 13. The summed E-state index contributed by atoms with van der Waals surface area (Å²) in [5, 5.41) is 14.4. The highest BCUT2D eigenvalue weighted by Crippen LogP contribution is 2.40. The Balaban J connectivity index is 1.41. The van der Waals surface area contributed by atoms with Crippen molar-refractivity contribution < 1.29 is 35.9 Å². The fourth-order valence-corrected chi connectivity index (χ4v) is 5.99. The van der Waals surface area contributed by atoms with Crippen LogP contribution in [0, 0.1) is 5.92 Å². The van der Waals surface area contributed by atoms with Gasteiger partial charge < -0.3 is 24.8 Å². The SMILES string of the molecule is CN(Cc1c(C=O)cc(CNC2(C)COC2)cc1C(F)(F)F)c1cc(-c2cc(C(F)(F)F)ccc2-c2nncn2C)cc(NCCC2CC2)n1. The van der Waals surface area contributed by atoms with E-state index >= 15 is 0 Å². The van der Waals surface area contributed by atoms with Crippen molar-refractivity contribution in [2.45, 2.75) is 57.2 Å². The summed E-state index contributed by atoms with van der Waals surface area (Å²) >= 11 is 0. The van der Waals surface area contributed by atoms with Gasteiger partial charge in [0.15, 0.2) is 5.82 Å². The number of halogens is 6. The maximum Gasteiger partial charge on any atom is 0.416 e. The Labute approximate surface area is 285 Å². The van der Waals surface area contributed by atoms with Gasteiger partial charge >= 0.3 is 12.4 Å². The molecule has 2 aliphatic rings. The first-order valence-corrected chi connectivity index (χ1v) is 16.2. The highest BCUT2D eigenvalue weighted by Gasteiger charge is 2.37. The van der Waals surface area contributed by atoms with Gasteiger partial charge in [-0.2, -0.15) is 26.3 Å². The van der Waals surface area contributed by atoms with Crippen molar-refractivity contribution in [3.63, 3.8) is 0 Å². The van der Waals surface area contributed by atoms with Gasteiger partial charge in [0.05, 0.1) is 29.9 Å². The second kappa shape index (κ2) is 13.7. The van der Waals surface area contributed by atoms with Crippen molar-refractivity contribution in [2.24, 2.45) is 13.0 Å². The standard InChI is InChI=1S/C35H37F6N7O2/c1-33(18-50-19-33)43-15-22-10-24(17-49)28(29(11-22)35(39,40)41)16-47(2)31-13-23(12-30(45-31)42-9-8-21-4-5-21)27-14-25(34(36,37)38)6-7-26(27)32-46-44-20-48(32)3/h6-7,10-14,17,20-21,43H,4-5,8-9,15-16,18-19H2,1-3H3,(H,42,45). The minimum absolute atomic E-state index is 0.101. The molecule has 0 atom stereocenters. The summed E-state index contributed by atoms with van der Waals surface area (Å²) in [4.78, 5) is 18.4. The minimum Gasteiger partial charge on any atom is -0.377 e. The van der Waals surface area contributed by atoms with Crippen LogP contribution in [0.25, 0.3) is 22.5 Å². The molecule has 0 amide bonds. The normalized spacial score (nSPS) is 15.9. The number of carbonyl (C=O) groups is 1. The van der Waals surface area contributed by atoms with Crippen LogP contribution >= 0.6 is 0 Å². The van der Waals surface area contributed by atoms with Gasteiger partial charge in [-0.05, 0) is 84.0 Å². The number of aldehydes is 1. The molecule has 266 valence electrons. The molecule has 0 bridgehead atoms. The second-order valence-corrected chi connectivity index (χ2v) is 13.4. The number of carbonyl (C=O) groups excluding carboxylic acids is 1. The second-order valence-electron chi connectivity index (χ2n) is 13.4. The summed E-state index contributed by atoms with van der Waals surface area (Å²) in [6, 6.07) is 8.93. The van der Waals surface area contributed by atoms with E-state index < -0.39 is 23.5 Å². The van der Waals surface area contributed by atoms with Crippen molar-refractivity contribution >= 4 is 17.9 Å². The highest BCUT2D eigenvalue weighted by atomic mass is 19.4. The third-order valence-corrected chi connectivity index (χ3v) is 9.10. The Kier molecular flexibility index (Phi) is 9.66. The van der Waals surface area contributed by atoms with Crippen LogP contribution in [0.3, 0.4) is 0 Å². The van der Waals surface area contributed by atoms with E-state index in [2.05, 4.69) is 25.8 Å². The summed E-state index contributed by atoms with van der Waals surface area (Å²) in [6.07, 6.45) is -4.47. The van der Waals surface area contributed by atoms with Crippen LogP contribution in [0.15, 0.2) is 48.8 Å². The number of aromatic nitrogens is 4. The molecule has 0 radical (unpaired) electrons. The number of hydrogen-bond donors (Lipinski definition) is 2. The molecule has 3 heterocycles. The molecule has 2 aromatic heterocycles. The molecule has 2 fully saturated rings. The lowest BCUT2D eigenvalue weighted by Gasteiger charge is -2.39. The van der Waals surface area contributed by atoms with Gasteiger partial charge in [0, 0.05) is 44.9 Å². The van der Waals surface area contributed by atoms with E-state index in [1.807, 2.05) is 6.92 Å². The highest BCUT2D eigenvalue weighted by molar-refractivity contribution is 5.84. The summed E-state index contributed by atoms with van der Waals surface area (Å²) in [5.41, 5.74) is -1.39. The lowest BCUT2D eigenvalue weighted by Crippen LogP contribution is -2.57. The third-order valence-electron chi connectivity index (χ3n) is 9.10. The summed E-state index contributed by atoms with van der Waals surface area (Å²) in [6.45, 7) is 3.04. The van der Waals surface area contributed by atoms with Crippen LogP contribution in [0.1, 0.15) is 58.8 Å². The Bertz CT molecular complexity index is 1870. The number of hydrogen-bond acceptors (Lipinski definition) is 8. The average Bonchev–Trinajstić information content (AvgIpc) is 3.78. The predicted molar refractivity (Wildman–Crippen MR) is 176 cm³/mol. The molecule has 6 rings (SSSR count). The number of ether oxygens (including phenoxy) is 1. The molecule has 2 N–H and O–H groups in total. The van der Waals surface area contributed by atoms with Crippen molar-refractivity contribution in [2.75, 3.05) is 37.0 Å². The van der Waals surface area contributed by atoms with Crippen LogP contribution < -0.4 is 15.5 Å². The fraction of sp³-hybridized carbons (Fsp3) is 0.429. The number of anilines is 2. The zero-order valence-corrected chi connectivity index (χ0v) is 27.8. The molecular weight excluding hydrogens is 664 g/mol. The molecular formula is C35H37F6N7O2. The topological polar surface area (TPSA) is 97.2 Å². The van der Waals surface area contributed by atoms with Crippen molar-refractivity contribution in [3.05, 3.63) is 76.6 Å². The molecule has 0 spiro atoms. The van der Waals surface area contributed by atoms with E-state index in [1.165, 1.54) is 36.5 Å². The molecule has 2 aromatic carbocycles. The van der Waals surface area contributed by atoms with Gasteiger partial charge in [0.2, 0.25) is 0 Å². The van der Waals surface area contributed by atoms with Gasteiger partial charge in [-0.15, -0.1) is 10.2 Å². The van der Waals surface area contributed by atoms with Crippen LogP contribution in [-0.2, 0) is 37.2 Å². The molecule has 1 saturated carbocycles. The Morgan fingerprint density at radius 2 is 1.80 bits per heavy atom. The van der Waals surface area contributed by atoms with E-state index in [-0.39, 0.29) is 41.1 Å². The van der Waals surface area contributed by atoms with Crippen LogP contribution in [0.5, 0.6) is 0 Å². The molecule has 4 aromatic rings. The maximum absolute atomic E-state index is 14.5. The summed E-state index contributed by atoms with van der Waals surface area (Å²) in [7, 11) is 3.19. The lowest BCUT2D eigenvalue weighted by atomic mass is 9.95. The quantitative estimate of drug-likeness (QED) is 0.112. The Morgan fingerprint density at radius 3 is 2.40 bits per heavy atom. The van der Waals surface area contributed by atoms with Crippen molar-refractivity contribution in [3.8, 4) is 22.5 Å². The molecule has 9 nitrogen and oxygen atoms in total. The third kappa shape index (κ3) is 7.94. The fourth-order valence-electron chi connectivity index (χ4n) is 5.99. The molecule has 50 heavy (non-hydrogen) atoms. The van der Waals surface area contributed by atoms with E-state index in [0.29, 0.717) is 60.3 Å². The summed E-state index contributed by atoms with van der Waals surface area (Å²) in [5.74, 6) is 1.44. The number of pyridine rings is 1. The van der Waals surface area contributed by atoms with Crippen LogP contribution in [-0.4, -0.2) is 58.4 Å². The first kappa shape index (κ1) is 35.3. The molecule has 1 saturated heterocycles. The van der Waals surface area contributed by atoms with Crippen molar-refractivity contribution in [1.82, 2.24) is 25.1 Å². The van der Waals surface area contributed by atoms with E-state index in [0.717, 1.165) is 37.5 Å². The van der Waals surface area contributed by atoms with E-state index in [4.69, 9.17) is 4.74 Å². The number of benzene rings is 2. The molecule has 1 aliphatic heterocycles. The average molecular weight is 702 g/mol. The van der Waals surface area contributed by atoms with Gasteiger partial charge in [0.25, 0.3) is 0 Å². The first-order chi connectivity index (χ1) is 23.6. The maximum atomic E-state index is 14.5. The van der Waals surface area contributed by atoms with Crippen molar-refractivity contribution in [1.29, 1.82) is 0 Å². The number of alkyl halides is 6. The van der Waals surface area contributed by atoms with E-state index in [9.17, 15) is 31.1 Å². The number of aryl methyl sites for hydroxylation is 1. The summed E-state index contributed by atoms with van der Waals surface area (Å²) < 4.78 is 92.4. The van der Waals surface area contributed by atoms with Gasteiger partial charge in [-0.1, -0.05) is 12.8 Å². The predicted octanol–water partition coefficient (Wildman–Crippen LogP) is 7.12. The largest absolute Gasteiger partial charge is 0.416 e. The Morgan fingerprint density at radius 1 is 1.04 bits per heavy atom. The monoisotopic (exact) mass is 701 g/mol. The number of nitrogens with one attached hydrogen (secondary N) is 2. The molecule has 15 heteroatoms. The molecule has 1 aliphatic carbocycles. The zero-order chi connectivity index (χ0) is 35.8. The lowest BCUT2D eigenvalue weighted by molar-refractivity contribution is -0.138. The smallest absolute Gasteiger partial charge is 0.377 e. The number of nitrogens with zero attached hydrogens (tertiary/aromatic N) is 5. The van der Waals surface area contributed by atoms with Crippen LogP contribution in [0.2, 0.25) is 0 Å². The van der Waals surface area contributed by atoms with Gasteiger partial charge in [-0.25, -0.2) is 4.98 Å². The Hall–Kier alpha value is -4.50.